The van der Waals surface area contributed by atoms with E-state index < -0.39 is 0 Å². The summed E-state index contributed by atoms with van der Waals surface area (Å²) in [5.41, 5.74) is 5.66. The Hall–Kier alpha value is -0.610. The number of esters is 1. The molecule has 0 amide bonds. The van der Waals surface area contributed by atoms with Crippen LogP contribution >= 0.6 is 0 Å². The number of nitrogens with zero attached hydrogens (tertiary/aromatic N) is 1. The first-order valence-electron chi connectivity index (χ1n) is 6.12. The molecular formula is C12H24N2O2. The number of hydrogen-bond donors (Lipinski definition) is 1. The first kappa shape index (κ1) is 13.5. The van der Waals surface area contributed by atoms with Crippen LogP contribution in [0, 0.1) is 11.8 Å². The van der Waals surface area contributed by atoms with Gasteiger partial charge in [-0.3, -0.25) is 4.79 Å². The maximum absolute atomic E-state index is 11.5. The third-order valence-corrected chi connectivity index (χ3v) is 3.63. The van der Waals surface area contributed by atoms with Crippen LogP contribution in [0.25, 0.3) is 0 Å². The number of piperidine rings is 1. The van der Waals surface area contributed by atoms with E-state index in [-0.39, 0.29) is 11.9 Å². The van der Waals surface area contributed by atoms with E-state index in [1.165, 1.54) is 7.11 Å². The molecule has 0 spiro atoms. The van der Waals surface area contributed by atoms with Crippen LogP contribution in [0.3, 0.4) is 0 Å². The van der Waals surface area contributed by atoms with Gasteiger partial charge < -0.3 is 15.4 Å². The molecule has 0 radical (unpaired) electrons. The lowest BCUT2D eigenvalue weighted by molar-refractivity contribution is -0.147. The molecule has 0 bridgehead atoms. The molecule has 0 saturated carbocycles. The highest BCUT2D eigenvalue weighted by Gasteiger charge is 2.31. The van der Waals surface area contributed by atoms with E-state index in [1.54, 1.807) is 0 Å². The summed E-state index contributed by atoms with van der Waals surface area (Å²) in [6.45, 7) is 6.95. The van der Waals surface area contributed by atoms with Gasteiger partial charge in [-0.2, -0.15) is 0 Å². The Bertz CT molecular complexity index is 223. The zero-order valence-electron chi connectivity index (χ0n) is 10.6. The van der Waals surface area contributed by atoms with Crippen molar-refractivity contribution in [1.29, 1.82) is 0 Å². The molecule has 0 aromatic heterocycles. The van der Waals surface area contributed by atoms with Crippen LogP contribution in [-0.2, 0) is 9.53 Å². The molecule has 1 saturated heterocycles. The molecule has 1 rings (SSSR count). The molecule has 2 N–H and O–H groups in total. The molecule has 4 nitrogen and oxygen atoms in total. The molecule has 4 heteroatoms. The van der Waals surface area contributed by atoms with E-state index in [1.807, 2.05) is 0 Å². The lowest BCUT2D eigenvalue weighted by atomic mass is 9.84. The number of carbonyl (C=O) groups is 1. The minimum atomic E-state index is -0.148. The third kappa shape index (κ3) is 3.19. The highest BCUT2D eigenvalue weighted by atomic mass is 16.5. The summed E-state index contributed by atoms with van der Waals surface area (Å²) in [6, 6.07) is 0.593. The van der Waals surface area contributed by atoms with E-state index in [9.17, 15) is 4.79 Å². The van der Waals surface area contributed by atoms with Crippen molar-refractivity contribution in [2.75, 3.05) is 26.7 Å². The van der Waals surface area contributed by atoms with Crippen molar-refractivity contribution in [2.24, 2.45) is 17.6 Å². The summed E-state index contributed by atoms with van der Waals surface area (Å²) < 4.78 is 4.80. The molecule has 1 unspecified atom stereocenters. The number of likely N-dealkylation sites (tertiary alicyclic amines) is 1. The largest absolute Gasteiger partial charge is 0.469 e. The van der Waals surface area contributed by atoms with Gasteiger partial charge in [0.15, 0.2) is 0 Å². The predicted molar refractivity (Wildman–Crippen MR) is 64.0 cm³/mol. The molecule has 0 aromatic rings. The summed E-state index contributed by atoms with van der Waals surface area (Å²) in [6.07, 6.45) is 2.10. The van der Waals surface area contributed by atoms with Gasteiger partial charge in [0.2, 0.25) is 0 Å². The normalized spacial score (nSPS) is 21.1. The molecule has 1 fully saturated rings. The fourth-order valence-electron chi connectivity index (χ4n) is 2.47. The molecule has 94 valence electrons. The van der Waals surface area contributed by atoms with Gasteiger partial charge in [-0.05, 0) is 45.7 Å². The molecule has 1 aliphatic rings. The molecule has 16 heavy (non-hydrogen) atoms. The van der Waals surface area contributed by atoms with Crippen molar-refractivity contribution < 1.29 is 9.53 Å². The van der Waals surface area contributed by atoms with Crippen molar-refractivity contribution in [2.45, 2.75) is 32.7 Å². The van der Waals surface area contributed by atoms with Crippen LogP contribution in [0.1, 0.15) is 26.7 Å². The van der Waals surface area contributed by atoms with Gasteiger partial charge in [-0.1, -0.05) is 0 Å². The number of methoxy groups -OCH3 is 1. The van der Waals surface area contributed by atoms with Crippen molar-refractivity contribution in [3.8, 4) is 0 Å². The zero-order chi connectivity index (χ0) is 12.1. The Morgan fingerprint density at radius 1 is 1.44 bits per heavy atom. The fourth-order valence-corrected chi connectivity index (χ4v) is 2.47. The number of rotatable bonds is 4. The van der Waals surface area contributed by atoms with Gasteiger partial charge >= 0.3 is 5.97 Å². The second kappa shape index (κ2) is 6.21. The quantitative estimate of drug-likeness (QED) is 0.725. The average Bonchev–Trinajstić information content (AvgIpc) is 2.30. The van der Waals surface area contributed by atoms with Crippen molar-refractivity contribution in [1.82, 2.24) is 4.90 Å². The SMILES string of the molecule is COC(=O)C(CN)C1CCN(C(C)C)CC1. The predicted octanol–water partition coefficient (Wildman–Crippen LogP) is 0.855. The first-order chi connectivity index (χ1) is 7.60. The Morgan fingerprint density at radius 2 is 2.00 bits per heavy atom. The van der Waals surface area contributed by atoms with Crippen molar-refractivity contribution in [3.05, 3.63) is 0 Å². The van der Waals surface area contributed by atoms with Crippen LogP contribution in [0.2, 0.25) is 0 Å². The van der Waals surface area contributed by atoms with Crippen LogP contribution < -0.4 is 5.73 Å². The summed E-state index contributed by atoms with van der Waals surface area (Å²) >= 11 is 0. The minimum absolute atomic E-state index is 0.112. The summed E-state index contributed by atoms with van der Waals surface area (Å²) in [7, 11) is 1.44. The van der Waals surface area contributed by atoms with Gasteiger partial charge in [0.05, 0.1) is 13.0 Å². The smallest absolute Gasteiger partial charge is 0.310 e. The zero-order valence-corrected chi connectivity index (χ0v) is 10.6. The number of nitrogens with two attached hydrogens (primary N) is 1. The Balaban J connectivity index is 2.48. The molecule has 1 heterocycles. The van der Waals surface area contributed by atoms with Crippen molar-refractivity contribution in [3.63, 3.8) is 0 Å². The van der Waals surface area contributed by atoms with E-state index in [0.717, 1.165) is 25.9 Å². The maximum atomic E-state index is 11.5. The van der Waals surface area contributed by atoms with Gasteiger partial charge in [0.25, 0.3) is 0 Å². The Kier molecular flexibility index (Phi) is 5.22. The monoisotopic (exact) mass is 228 g/mol. The summed E-state index contributed by atoms with van der Waals surface area (Å²) in [4.78, 5) is 14.0. The molecular weight excluding hydrogens is 204 g/mol. The highest BCUT2D eigenvalue weighted by Crippen LogP contribution is 2.26. The highest BCUT2D eigenvalue weighted by molar-refractivity contribution is 5.72. The Labute approximate surface area is 98.1 Å². The van der Waals surface area contributed by atoms with E-state index in [0.29, 0.717) is 18.5 Å². The van der Waals surface area contributed by atoms with Crippen LogP contribution in [0.15, 0.2) is 0 Å². The molecule has 0 aliphatic carbocycles. The molecule has 1 atom stereocenters. The summed E-state index contributed by atoms with van der Waals surface area (Å²) in [5, 5.41) is 0. The number of carbonyl (C=O) groups excluding carboxylic acids is 1. The average molecular weight is 228 g/mol. The Morgan fingerprint density at radius 3 is 2.38 bits per heavy atom. The second-order valence-electron chi connectivity index (χ2n) is 4.83. The third-order valence-electron chi connectivity index (χ3n) is 3.63. The maximum Gasteiger partial charge on any atom is 0.310 e. The first-order valence-corrected chi connectivity index (χ1v) is 6.12. The fraction of sp³-hybridized carbons (Fsp3) is 0.917. The van der Waals surface area contributed by atoms with E-state index in [4.69, 9.17) is 10.5 Å². The number of hydrogen-bond acceptors (Lipinski definition) is 4. The van der Waals surface area contributed by atoms with Crippen LogP contribution in [-0.4, -0.2) is 43.7 Å². The van der Waals surface area contributed by atoms with Gasteiger partial charge in [0.1, 0.15) is 0 Å². The minimum Gasteiger partial charge on any atom is -0.469 e. The topological polar surface area (TPSA) is 55.6 Å². The van der Waals surface area contributed by atoms with Gasteiger partial charge in [-0.25, -0.2) is 0 Å². The van der Waals surface area contributed by atoms with Crippen LogP contribution in [0.4, 0.5) is 0 Å². The van der Waals surface area contributed by atoms with Gasteiger partial charge in [-0.15, -0.1) is 0 Å². The lowest BCUT2D eigenvalue weighted by Gasteiger charge is -2.36. The standard InChI is InChI=1S/C12H24N2O2/c1-9(2)14-6-4-10(5-7-14)11(8-13)12(15)16-3/h9-11H,4-8,13H2,1-3H3. The second-order valence-corrected chi connectivity index (χ2v) is 4.83. The molecule has 1 aliphatic heterocycles. The van der Waals surface area contributed by atoms with Crippen molar-refractivity contribution >= 4 is 5.97 Å². The number of ether oxygens (including phenoxy) is 1. The van der Waals surface area contributed by atoms with E-state index in [2.05, 4.69) is 18.7 Å². The van der Waals surface area contributed by atoms with E-state index >= 15 is 0 Å². The lowest BCUT2D eigenvalue weighted by Crippen LogP contribution is -2.43. The summed E-state index contributed by atoms with van der Waals surface area (Å²) in [5.74, 6) is 0.136. The van der Waals surface area contributed by atoms with Gasteiger partial charge in [0, 0.05) is 12.6 Å². The van der Waals surface area contributed by atoms with Crippen LogP contribution in [0.5, 0.6) is 0 Å². The molecule has 0 aromatic carbocycles.